The molecule has 130 valence electrons. The van der Waals surface area contributed by atoms with E-state index in [1.807, 2.05) is 0 Å². The molecule has 3 aliphatic heterocycles. The van der Waals surface area contributed by atoms with Gasteiger partial charge in [-0.15, -0.1) is 0 Å². The molecule has 0 unspecified atom stereocenters. The van der Waals surface area contributed by atoms with Gasteiger partial charge in [0.05, 0.1) is 19.3 Å². The molecule has 4 rings (SSSR count). The third-order valence-electron chi connectivity index (χ3n) is 5.50. The van der Waals surface area contributed by atoms with Gasteiger partial charge in [0, 0.05) is 37.9 Å². The lowest BCUT2D eigenvalue weighted by molar-refractivity contribution is -0.141. The number of nitrogens with zero attached hydrogens (tertiary/aromatic N) is 2. The number of halogens is 2. The molecule has 24 heavy (non-hydrogen) atoms. The van der Waals surface area contributed by atoms with Crippen LogP contribution in [0.25, 0.3) is 0 Å². The first-order valence-corrected chi connectivity index (χ1v) is 8.78. The summed E-state index contributed by atoms with van der Waals surface area (Å²) in [5.74, 6) is -1.72. The van der Waals surface area contributed by atoms with Crippen LogP contribution in [-0.4, -0.2) is 60.3 Å². The van der Waals surface area contributed by atoms with Gasteiger partial charge in [-0.1, -0.05) is 0 Å². The van der Waals surface area contributed by atoms with Gasteiger partial charge in [0.1, 0.15) is 0 Å². The predicted octanol–water partition coefficient (Wildman–Crippen LogP) is 2.46. The molecule has 0 atom stereocenters. The van der Waals surface area contributed by atoms with E-state index < -0.39 is 11.6 Å². The van der Waals surface area contributed by atoms with Gasteiger partial charge in [0.25, 0.3) is 0 Å². The van der Waals surface area contributed by atoms with Crippen molar-refractivity contribution in [1.82, 2.24) is 9.80 Å². The number of ether oxygens (including phenoxy) is 1. The molecule has 1 aromatic rings. The highest BCUT2D eigenvalue weighted by molar-refractivity contribution is 7.80. The average molecular weight is 353 g/mol. The van der Waals surface area contributed by atoms with E-state index in [9.17, 15) is 8.78 Å². The molecule has 0 saturated carbocycles. The maximum Gasteiger partial charge on any atom is 0.173 e. The summed E-state index contributed by atoms with van der Waals surface area (Å²) in [7, 11) is 0. The zero-order valence-electron chi connectivity index (χ0n) is 13.4. The van der Waals surface area contributed by atoms with Crippen molar-refractivity contribution in [3.8, 4) is 0 Å². The Morgan fingerprint density at radius 3 is 2.46 bits per heavy atom. The monoisotopic (exact) mass is 353 g/mol. The number of hydrogen-bond acceptors (Lipinski definition) is 3. The lowest BCUT2D eigenvalue weighted by atomic mass is 9.71. The molecule has 3 fully saturated rings. The second-order valence-electron chi connectivity index (χ2n) is 7.14. The van der Waals surface area contributed by atoms with Crippen LogP contribution in [0.15, 0.2) is 18.2 Å². The largest absolute Gasteiger partial charge is 0.378 e. The van der Waals surface area contributed by atoms with Gasteiger partial charge in [-0.3, -0.25) is 4.90 Å². The summed E-state index contributed by atoms with van der Waals surface area (Å²) in [5.41, 5.74) is 0.919. The van der Waals surface area contributed by atoms with Gasteiger partial charge in [-0.05, 0) is 42.6 Å². The molecule has 3 heterocycles. The van der Waals surface area contributed by atoms with Crippen molar-refractivity contribution in [2.75, 3.05) is 44.7 Å². The number of thiocarbonyl (C=S) groups is 1. The molecule has 1 aromatic carbocycles. The third-order valence-corrected chi connectivity index (χ3v) is 5.86. The molecule has 0 aromatic heterocycles. The molecule has 3 saturated heterocycles. The standard InChI is InChI=1S/C17H21F2N3OS/c18-14-2-1-12(7-15(14)19)20-16(24)21-5-3-17(4-6-21)10-22(11-17)13-8-23-9-13/h1-2,7,13H,3-6,8-11H2,(H,20,24). The first-order valence-electron chi connectivity index (χ1n) is 8.37. The van der Waals surface area contributed by atoms with Gasteiger partial charge in [-0.25, -0.2) is 8.78 Å². The molecule has 3 aliphatic rings. The Morgan fingerprint density at radius 2 is 1.88 bits per heavy atom. The quantitative estimate of drug-likeness (QED) is 0.825. The van der Waals surface area contributed by atoms with E-state index in [0.717, 1.165) is 64.4 Å². The number of anilines is 1. The fourth-order valence-corrected chi connectivity index (χ4v) is 4.08. The zero-order valence-corrected chi connectivity index (χ0v) is 14.2. The summed E-state index contributed by atoms with van der Waals surface area (Å²) in [6.45, 7) is 5.90. The van der Waals surface area contributed by atoms with Crippen LogP contribution in [0.4, 0.5) is 14.5 Å². The minimum Gasteiger partial charge on any atom is -0.378 e. The summed E-state index contributed by atoms with van der Waals surface area (Å²) in [5, 5.41) is 3.59. The highest BCUT2D eigenvalue weighted by Crippen LogP contribution is 2.42. The summed E-state index contributed by atoms with van der Waals surface area (Å²) in [6.07, 6.45) is 2.24. The SMILES string of the molecule is Fc1ccc(NC(=S)N2CCC3(CC2)CN(C2COC2)C3)cc1F. The van der Waals surface area contributed by atoms with Crippen molar-refractivity contribution in [3.05, 3.63) is 29.8 Å². The van der Waals surface area contributed by atoms with E-state index in [2.05, 4.69) is 15.1 Å². The van der Waals surface area contributed by atoms with Crippen LogP contribution in [0.2, 0.25) is 0 Å². The van der Waals surface area contributed by atoms with Crippen molar-refractivity contribution in [2.45, 2.75) is 18.9 Å². The lowest BCUT2D eigenvalue weighted by Crippen LogP contribution is -2.66. The molecule has 0 amide bonds. The number of rotatable bonds is 2. The van der Waals surface area contributed by atoms with E-state index >= 15 is 0 Å². The Kier molecular flexibility index (Phi) is 4.18. The van der Waals surface area contributed by atoms with E-state index in [-0.39, 0.29) is 0 Å². The molecule has 1 spiro atoms. The van der Waals surface area contributed by atoms with Crippen molar-refractivity contribution in [1.29, 1.82) is 0 Å². The third kappa shape index (κ3) is 3.00. The summed E-state index contributed by atoms with van der Waals surface area (Å²) in [4.78, 5) is 4.65. The maximum absolute atomic E-state index is 13.3. The Balaban J connectivity index is 1.28. The number of benzene rings is 1. The highest BCUT2D eigenvalue weighted by Gasteiger charge is 2.48. The highest BCUT2D eigenvalue weighted by atomic mass is 32.1. The van der Waals surface area contributed by atoms with Crippen molar-refractivity contribution in [3.63, 3.8) is 0 Å². The van der Waals surface area contributed by atoms with E-state index in [0.29, 0.717) is 22.3 Å². The molecular weight excluding hydrogens is 332 g/mol. The van der Waals surface area contributed by atoms with Gasteiger partial charge in [-0.2, -0.15) is 0 Å². The van der Waals surface area contributed by atoms with Crippen LogP contribution < -0.4 is 5.32 Å². The van der Waals surface area contributed by atoms with Crippen LogP contribution in [-0.2, 0) is 4.74 Å². The summed E-state index contributed by atoms with van der Waals surface area (Å²) < 4.78 is 31.5. The van der Waals surface area contributed by atoms with E-state index in [1.165, 1.54) is 6.07 Å². The van der Waals surface area contributed by atoms with E-state index in [1.54, 1.807) is 0 Å². The summed E-state index contributed by atoms with van der Waals surface area (Å²) >= 11 is 5.43. The first-order chi connectivity index (χ1) is 11.5. The zero-order chi connectivity index (χ0) is 16.7. The van der Waals surface area contributed by atoms with Crippen molar-refractivity contribution in [2.24, 2.45) is 5.41 Å². The average Bonchev–Trinajstić information content (AvgIpc) is 2.48. The number of hydrogen-bond donors (Lipinski definition) is 1. The van der Waals surface area contributed by atoms with Crippen LogP contribution in [0.3, 0.4) is 0 Å². The Labute approximate surface area is 145 Å². The Hall–Kier alpha value is -1.31. The predicted molar refractivity (Wildman–Crippen MR) is 92.0 cm³/mol. The fourth-order valence-electron chi connectivity index (χ4n) is 3.78. The molecule has 1 N–H and O–H groups in total. The van der Waals surface area contributed by atoms with Crippen LogP contribution in [0, 0.1) is 17.0 Å². The van der Waals surface area contributed by atoms with Gasteiger partial charge in [0.15, 0.2) is 16.7 Å². The van der Waals surface area contributed by atoms with Crippen LogP contribution >= 0.6 is 12.2 Å². The molecular formula is C17H21F2N3OS. The topological polar surface area (TPSA) is 27.7 Å². The Morgan fingerprint density at radius 1 is 1.17 bits per heavy atom. The van der Waals surface area contributed by atoms with Gasteiger partial charge < -0.3 is 15.0 Å². The number of nitrogens with one attached hydrogen (secondary N) is 1. The lowest BCUT2D eigenvalue weighted by Gasteiger charge is -2.58. The van der Waals surface area contributed by atoms with Gasteiger partial charge in [0.2, 0.25) is 0 Å². The minimum absolute atomic E-state index is 0.434. The second kappa shape index (κ2) is 6.20. The normalized spacial score (nSPS) is 23.7. The van der Waals surface area contributed by atoms with Crippen molar-refractivity contribution >= 4 is 23.0 Å². The minimum atomic E-state index is -0.866. The second-order valence-corrected chi connectivity index (χ2v) is 7.53. The molecule has 0 bridgehead atoms. The first kappa shape index (κ1) is 16.2. The van der Waals surface area contributed by atoms with E-state index in [4.69, 9.17) is 17.0 Å². The summed E-state index contributed by atoms with van der Waals surface area (Å²) in [6, 6.07) is 4.38. The van der Waals surface area contributed by atoms with Gasteiger partial charge >= 0.3 is 0 Å². The Bertz CT molecular complexity index is 637. The molecule has 4 nitrogen and oxygen atoms in total. The van der Waals surface area contributed by atoms with Crippen LogP contribution in [0.1, 0.15) is 12.8 Å². The fraction of sp³-hybridized carbons (Fsp3) is 0.588. The number of piperidine rings is 1. The molecule has 7 heteroatoms. The smallest absolute Gasteiger partial charge is 0.173 e. The van der Waals surface area contributed by atoms with Crippen molar-refractivity contribution < 1.29 is 13.5 Å². The molecule has 0 radical (unpaired) electrons. The maximum atomic E-state index is 13.3. The van der Waals surface area contributed by atoms with Crippen LogP contribution in [0.5, 0.6) is 0 Å². The number of likely N-dealkylation sites (tertiary alicyclic amines) is 2. The molecule has 0 aliphatic carbocycles.